The molecule has 2 bridgehead atoms. The van der Waals surface area contributed by atoms with Crippen molar-refractivity contribution in [3.05, 3.63) is 34.3 Å². The Hall–Kier alpha value is -2.89. The second-order valence-corrected chi connectivity index (χ2v) is 12.9. The summed E-state index contributed by atoms with van der Waals surface area (Å²) in [6.07, 6.45) is 2.11. The monoisotopic (exact) mass is 589 g/mol. The maximum atomic E-state index is 13.4. The van der Waals surface area contributed by atoms with Crippen molar-refractivity contribution in [3.63, 3.8) is 0 Å². The number of esters is 2. The average Bonchev–Trinajstić information content (AvgIpc) is 3.44. The van der Waals surface area contributed by atoms with Crippen LogP contribution in [0.2, 0.25) is 0 Å². The van der Waals surface area contributed by atoms with Crippen molar-refractivity contribution in [2.24, 2.45) is 23.2 Å². The number of cyclic esters (lactones) is 1. The molecule has 4 rings (SSSR count). The third-order valence-corrected chi connectivity index (χ3v) is 9.84. The lowest BCUT2D eigenvalue weighted by atomic mass is 9.55. The van der Waals surface area contributed by atoms with Crippen LogP contribution in [0.15, 0.2) is 23.6 Å². The van der Waals surface area contributed by atoms with Gasteiger partial charge in [0.05, 0.1) is 28.8 Å². The van der Waals surface area contributed by atoms with E-state index >= 15 is 0 Å². The lowest BCUT2D eigenvalue weighted by Gasteiger charge is -2.48. The van der Waals surface area contributed by atoms with Crippen LogP contribution in [0.1, 0.15) is 70.0 Å². The molecule has 11 heteroatoms. The van der Waals surface area contributed by atoms with E-state index in [1.807, 2.05) is 25.3 Å². The van der Waals surface area contributed by atoms with Gasteiger partial charge in [-0.2, -0.15) is 0 Å². The molecule has 1 aromatic rings. The number of ether oxygens (including phenoxy) is 3. The standard InChI is InChI=1S/C30H39NO9S/c1-6-23(32)38-15-30-10-7-8-20-25(28(36)37)29(5,27(35)17(3)26(20)34)11-9-24(33)39-21(13-22(30)40-30)16(2)12-19-14-41-18(4)31-19/h6,12,14,17,20-22,25-26,34H,1,7-11,13,15H2,2-5H3,(H,36,37)/b16-12+/t17-,20-,21+,22?,25?,26-,29+,30?/m1/s1. The Morgan fingerprint density at radius 3 is 2.68 bits per heavy atom. The molecule has 3 aliphatic rings. The smallest absolute Gasteiger partial charge is 0.330 e. The van der Waals surface area contributed by atoms with Gasteiger partial charge in [0.25, 0.3) is 0 Å². The molecule has 0 aromatic carbocycles. The van der Waals surface area contributed by atoms with Crippen LogP contribution >= 0.6 is 11.3 Å². The van der Waals surface area contributed by atoms with Gasteiger partial charge in [-0.05, 0) is 57.1 Å². The van der Waals surface area contributed by atoms with Crippen LogP contribution in [0.4, 0.5) is 0 Å². The van der Waals surface area contributed by atoms with Crippen molar-refractivity contribution in [1.29, 1.82) is 0 Å². The van der Waals surface area contributed by atoms with E-state index < -0.39 is 65.0 Å². The molecule has 2 N–H and O–H groups in total. The highest BCUT2D eigenvalue weighted by Crippen LogP contribution is 2.51. The molecule has 0 spiro atoms. The predicted octanol–water partition coefficient (Wildman–Crippen LogP) is 3.89. The molecule has 2 saturated heterocycles. The van der Waals surface area contributed by atoms with Gasteiger partial charge in [0.1, 0.15) is 24.1 Å². The van der Waals surface area contributed by atoms with Gasteiger partial charge >= 0.3 is 17.9 Å². The first-order valence-corrected chi connectivity index (χ1v) is 14.9. The largest absolute Gasteiger partial charge is 0.481 e. The summed E-state index contributed by atoms with van der Waals surface area (Å²) in [7, 11) is 0. The van der Waals surface area contributed by atoms with E-state index in [0.29, 0.717) is 25.7 Å². The molecule has 1 saturated carbocycles. The minimum Gasteiger partial charge on any atom is -0.481 e. The summed E-state index contributed by atoms with van der Waals surface area (Å²) in [5.41, 5.74) is -0.712. The van der Waals surface area contributed by atoms with Crippen molar-refractivity contribution in [3.8, 4) is 0 Å². The van der Waals surface area contributed by atoms with Crippen molar-refractivity contribution in [2.75, 3.05) is 6.61 Å². The summed E-state index contributed by atoms with van der Waals surface area (Å²) < 4.78 is 17.4. The summed E-state index contributed by atoms with van der Waals surface area (Å²) in [6, 6.07) is 0. The van der Waals surface area contributed by atoms with E-state index in [-0.39, 0.29) is 25.2 Å². The maximum Gasteiger partial charge on any atom is 0.330 e. The number of fused-ring (bicyclic) bond motifs is 3. The second kappa shape index (κ2) is 12.1. The van der Waals surface area contributed by atoms with Crippen LogP contribution in [-0.4, -0.2) is 69.4 Å². The van der Waals surface area contributed by atoms with E-state index in [4.69, 9.17) is 14.2 Å². The minimum absolute atomic E-state index is 0.00265. The number of Topliss-reactive ketones (excluding diaryl/α,β-unsaturated/α-hetero) is 1. The van der Waals surface area contributed by atoms with Crippen LogP contribution in [0, 0.1) is 30.1 Å². The number of rotatable bonds is 6. The van der Waals surface area contributed by atoms with Crippen molar-refractivity contribution < 1.29 is 43.6 Å². The molecular formula is C30H39NO9S. The number of thiazole rings is 1. The Morgan fingerprint density at radius 2 is 2.05 bits per heavy atom. The summed E-state index contributed by atoms with van der Waals surface area (Å²) in [5.74, 6) is -5.35. The molecule has 0 amide bonds. The number of epoxide rings is 1. The third-order valence-electron chi connectivity index (χ3n) is 9.05. The molecule has 1 aromatic heterocycles. The maximum absolute atomic E-state index is 13.4. The predicted molar refractivity (Wildman–Crippen MR) is 150 cm³/mol. The molecule has 224 valence electrons. The Bertz CT molecular complexity index is 1240. The highest BCUT2D eigenvalue weighted by atomic mass is 32.1. The summed E-state index contributed by atoms with van der Waals surface area (Å²) in [5, 5.41) is 24.1. The molecule has 41 heavy (non-hydrogen) atoms. The minimum atomic E-state index is -1.35. The van der Waals surface area contributed by atoms with E-state index in [1.54, 1.807) is 13.8 Å². The van der Waals surface area contributed by atoms with Crippen LogP contribution in [0.5, 0.6) is 0 Å². The number of carboxylic acids is 1. The van der Waals surface area contributed by atoms with Crippen molar-refractivity contribution in [1.82, 2.24) is 4.98 Å². The summed E-state index contributed by atoms with van der Waals surface area (Å²) >= 11 is 1.50. The van der Waals surface area contributed by atoms with Gasteiger partial charge in [-0.3, -0.25) is 14.4 Å². The van der Waals surface area contributed by atoms with Gasteiger partial charge < -0.3 is 24.4 Å². The highest BCUT2D eigenvalue weighted by molar-refractivity contribution is 7.09. The van der Waals surface area contributed by atoms with Crippen LogP contribution in [0.25, 0.3) is 6.08 Å². The zero-order chi connectivity index (χ0) is 30.1. The Kier molecular flexibility index (Phi) is 9.20. The van der Waals surface area contributed by atoms with Gasteiger partial charge in [-0.1, -0.05) is 20.4 Å². The van der Waals surface area contributed by atoms with Gasteiger partial charge in [0.15, 0.2) is 0 Å². The zero-order valence-electron chi connectivity index (χ0n) is 24.0. The number of ketones is 1. The number of aliphatic carboxylic acids is 1. The number of hydrogen-bond donors (Lipinski definition) is 2. The molecule has 2 aliphatic heterocycles. The fourth-order valence-electron chi connectivity index (χ4n) is 6.63. The van der Waals surface area contributed by atoms with Crippen molar-refractivity contribution in [2.45, 2.75) is 90.1 Å². The van der Waals surface area contributed by atoms with E-state index in [9.17, 15) is 29.4 Å². The first-order chi connectivity index (χ1) is 19.3. The molecular weight excluding hydrogens is 550 g/mol. The second-order valence-electron chi connectivity index (χ2n) is 11.8. The van der Waals surface area contributed by atoms with E-state index in [2.05, 4.69) is 11.6 Å². The van der Waals surface area contributed by atoms with Gasteiger partial charge in [-0.15, -0.1) is 11.3 Å². The quantitative estimate of drug-likeness (QED) is 0.284. The number of aliphatic hydroxyl groups excluding tert-OH is 1. The number of aliphatic hydroxyl groups is 1. The number of carboxylic acid groups (broad SMARTS) is 1. The number of nitrogens with zero attached hydrogens (tertiary/aromatic N) is 1. The van der Waals surface area contributed by atoms with Crippen LogP contribution in [-0.2, 0) is 33.4 Å². The summed E-state index contributed by atoms with van der Waals surface area (Å²) in [6.45, 7) is 10.3. The highest BCUT2D eigenvalue weighted by Gasteiger charge is 2.60. The molecule has 3 unspecified atom stereocenters. The fraction of sp³-hybridized carbons (Fsp3) is 0.633. The van der Waals surface area contributed by atoms with E-state index in [0.717, 1.165) is 22.4 Å². The molecule has 0 radical (unpaired) electrons. The lowest BCUT2D eigenvalue weighted by molar-refractivity contribution is -0.173. The number of aryl methyl sites for hydroxylation is 1. The van der Waals surface area contributed by atoms with Gasteiger partial charge in [0, 0.05) is 35.6 Å². The molecule has 8 atom stereocenters. The Balaban J connectivity index is 1.68. The lowest BCUT2D eigenvalue weighted by Crippen LogP contribution is -2.57. The Labute approximate surface area is 243 Å². The van der Waals surface area contributed by atoms with Gasteiger partial charge in [0.2, 0.25) is 0 Å². The summed E-state index contributed by atoms with van der Waals surface area (Å²) in [4.78, 5) is 55.6. The first kappa shape index (κ1) is 31.1. The SMILES string of the molecule is C=CC(=O)OCC12CCC[C@@H]3C(C(=O)O)[C@](C)(CCC(=O)O[C@H](/C(C)=C/c4csc(C)n4)CC1O2)C(=O)[C@H](C)[C@H]3O. The average molecular weight is 590 g/mol. The van der Waals surface area contributed by atoms with Crippen molar-refractivity contribution >= 4 is 41.1 Å². The number of hydrogen-bond acceptors (Lipinski definition) is 10. The van der Waals surface area contributed by atoms with Crippen LogP contribution < -0.4 is 0 Å². The molecule has 10 nitrogen and oxygen atoms in total. The number of carbonyl (C=O) groups excluding carboxylic acids is 3. The first-order valence-electron chi connectivity index (χ1n) is 14.0. The van der Waals surface area contributed by atoms with Crippen LogP contribution in [0.3, 0.4) is 0 Å². The number of aromatic nitrogens is 1. The van der Waals surface area contributed by atoms with E-state index in [1.165, 1.54) is 11.3 Å². The molecule has 3 fully saturated rings. The number of carbonyl (C=O) groups is 4. The Morgan fingerprint density at radius 1 is 1.32 bits per heavy atom. The third kappa shape index (κ3) is 6.47. The molecule has 1 aliphatic carbocycles. The molecule has 3 heterocycles. The topological polar surface area (TPSA) is 153 Å². The van der Waals surface area contributed by atoms with Gasteiger partial charge in [-0.25, -0.2) is 9.78 Å². The fourth-order valence-corrected chi connectivity index (χ4v) is 7.20. The normalized spacial score (nSPS) is 36.4. The zero-order valence-corrected chi connectivity index (χ0v) is 24.8.